The number of aliphatic hydroxyl groups excluding tert-OH is 1. The zero-order chi connectivity index (χ0) is 23.3. The standard InChI is InChI=1S/C24H33ClN4O3/c1-15(2)14-29(18-5-7-19(30)8-6-18)21-9-4-17(16(3)10-24(31)32)11-20(21)28-23-13-26-22(25)12-27-23/h4,9,11-13,15-16,18-19,30H,5-8,10,14H2,1-3H3,(H,27,28)(H,31,32)/t16?,18-,19-. The van der Waals surface area contributed by atoms with E-state index in [1.807, 2.05) is 19.1 Å². The molecule has 2 aromatic rings. The molecule has 1 heterocycles. The summed E-state index contributed by atoms with van der Waals surface area (Å²) in [4.78, 5) is 22.1. The summed E-state index contributed by atoms with van der Waals surface area (Å²) in [6, 6.07) is 6.45. The van der Waals surface area contributed by atoms with E-state index in [4.69, 9.17) is 11.6 Å². The van der Waals surface area contributed by atoms with E-state index in [2.05, 4.69) is 40.1 Å². The Labute approximate surface area is 194 Å². The maximum Gasteiger partial charge on any atom is 0.303 e. The number of hydrogen-bond donors (Lipinski definition) is 3. The van der Waals surface area contributed by atoms with Crippen LogP contribution in [-0.4, -0.2) is 44.8 Å². The fraction of sp³-hybridized carbons (Fsp3) is 0.542. The van der Waals surface area contributed by atoms with Crippen molar-refractivity contribution in [2.75, 3.05) is 16.8 Å². The number of benzene rings is 1. The third kappa shape index (κ3) is 6.56. The minimum absolute atomic E-state index is 0.0652. The van der Waals surface area contributed by atoms with Gasteiger partial charge in [0.05, 0.1) is 36.3 Å². The van der Waals surface area contributed by atoms with Crippen LogP contribution in [0.15, 0.2) is 30.6 Å². The normalized spacial score (nSPS) is 19.6. The summed E-state index contributed by atoms with van der Waals surface area (Å²) in [6.45, 7) is 7.20. The Hall–Kier alpha value is -2.38. The van der Waals surface area contributed by atoms with Gasteiger partial charge in [0.2, 0.25) is 0 Å². The molecule has 1 aliphatic rings. The molecule has 7 nitrogen and oxygen atoms in total. The average Bonchev–Trinajstić information content (AvgIpc) is 2.74. The van der Waals surface area contributed by atoms with Gasteiger partial charge in [-0.3, -0.25) is 4.79 Å². The van der Waals surface area contributed by atoms with Crippen molar-refractivity contribution in [1.29, 1.82) is 0 Å². The van der Waals surface area contributed by atoms with Gasteiger partial charge in [0.15, 0.2) is 0 Å². The number of carboxylic acid groups (broad SMARTS) is 1. The summed E-state index contributed by atoms with van der Waals surface area (Å²) in [5, 5.41) is 22.9. The first-order valence-corrected chi connectivity index (χ1v) is 11.7. The predicted molar refractivity (Wildman–Crippen MR) is 128 cm³/mol. The number of aliphatic carboxylic acids is 1. The molecule has 1 unspecified atom stereocenters. The van der Waals surface area contributed by atoms with Crippen molar-refractivity contribution >= 4 is 34.8 Å². The number of nitrogens with zero attached hydrogens (tertiary/aromatic N) is 3. The van der Waals surface area contributed by atoms with E-state index in [-0.39, 0.29) is 18.4 Å². The number of rotatable bonds is 9. The molecule has 0 spiro atoms. The van der Waals surface area contributed by atoms with Crippen LogP contribution in [0.4, 0.5) is 17.2 Å². The van der Waals surface area contributed by atoms with Gasteiger partial charge >= 0.3 is 5.97 Å². The highest BCUT2D eigenvalue weighted by Gasteiger charge is 2.27. The Morgan fingerprint density at radius 2 is 1.91 bits per heavy atom. The lowest BCUT2D eigenvalue weighted by Crippen LogP contribution is -2.41. The van der Waals surface area contributed by atoms with Crippen molar-refractivity contribution in [1.82, 2.24) is 9.97 Å². The van der Waals surface area contributed by atoms with Gasteiger partial charge in [-0.2, -0.15) is 0 Å². The summed E-state index contributed by atoms with van der Waals surface area (Å²) in [7, 11) is 0. The zero-order valence-corrected chi connectivity index (χ0v) is 19.7. The molecule has 0 amide bonds. The molecule has 0 radical (unpaired) electrons. The molecule has 0 aliphatic heterocycles. The van der Waals surface area contributed by atoms with E-state index in [0.29, 0.717) is 22.9 Å². The van der Waals surface area contributed by atoms with Crippen LogP contribution in [0.2, 0.25) is 5.15 Å². The van der Waals surface area contributed by atoms with Gasteiger partial charge in [0, 0.05) is 12.6 Å². The summed E-state index contributed by atoms with van der Waals surface area (Å²) in [5.74, 6) is 0.0847. The quantitative estimate of drug-likeness (QED) is 0.472. The number of carboxylic acids is 1. The minimum atomic E-state index is -0.818. The molecule has 8 heteroatoms. The van der Waals surface area contributed by atoms with Crippen LogP contribution in [0.25, 0.3) is 0 Å². The van der Waals surface area contributed by atoms with Crippen LogP contribution in [0, 0.1) is 5.92 Å². The molecular formula is C24H33ClN4O3. The lowest BCUT2D eigenvalue weighted by molar-refractivity contribution is -0.137. The van der Waals surface area contributed by atoms with Gasteiger partial charge in [0.25, 0.3) is 0 Å². The van der Waals surface area contributed by atoms with Gasteiger partial charge in [-0.25, -0.2) is 9.97 Å². The molecule has 32 heavy (non-hydrogen) atoms. The minimum Gasteiger partial charge on any atom is -0.481 e. The smallest absolute Gasteiger partial charge is 0.303 e. The van der Waals surface area contributed by atoms with Crippen LogP contribution < -0.4 is 10.2 Å². The topological polar surface area (TPSA) is 98.6 Å². The van der Waals surface area contributed by atoms with Crippen LogP contribution in [0.5, 0.6) is 0 Å². The van der Waals surface area contributed by atoms with Crippen molar-refractivity contribution in [3.05, 3.63) is 41.3 Å². The maximum atomic E-state index is 11.2. The second-order valence-electron chi connectivity index (χ2n) is 9.13. The number of aromatic nitrogens is 2. The number of carbonyl (C=O) groups is 1. The molecule has 1 aromatic heterocycles. The Morgan fingerprint density at radius 3 is 2.50 bits per heavy atom. The first kappa shape index (κ1) is 24.3. The van der Waals surface area contributed by atoms with E-state index in [9.17, 15) is 15.0 Å². The molecule has 1 aromatic carbocycles. The second-order valence-corrected chi connectivity index (χ2v) is 9.52. The SMILES string of the molecule is CC(C)CN(c1ccc(C(C)CC(=O)O)cc1Nc1cnc(Cl)cn1)[C@H]1CC[C@H](O)CC1. The van der Waals surface area contributed by atoms with Crippen molar-refractivity contribution in [3.8, 4) is 0 Å². The number of halogens is 1. The highest BCUT2D eigenvalue weighted by molar-refractivity contribution is 6.29. The number of anilines is 3. The van der Waals surface area contributed by atoms with Crippen molar-refractivity contribution in [2.45, 2.75) is 70.9 Å². The summed E-state index contributed by atoms with van der Waals surface area (Å²) in [5.41, 5.74) is 2.86. The van der Waals surface area contributed by atoms with Gasteiger partial charge in [-0.05, 0) is 55.2 Å². The van der Waals surface area contributed by atoms with E-state index < -0.39 is 5.97 Å². The summed E-state index contributed by atoms with van der Waals surface area (Å²) in [6.07, 6.45) is 6.41. The first-order valence-electron chi connectivity index (χ1n) is 11.3. The van der Waals surface area contributed by atoms with Crippen LogP contribution in [0.1, 0.15) is 64.4 Å². The lowest BCUT2D eigenvalue weighted by Gasteiger charge is -2.39. The van der Waals surface area contributed by atoms with Crippen molar-refractivity contribution in [2.24, 2.45) is 5.92 Å². The Bertz CT molecular complexity index is 899. The largest absolute Gasteiger partial charge is 0.481 e. The molecule has 1 aliphatic carbocycles. The molecule has 1 fully saturated rings. The molecule has 174 valence electrons. The third-order valence-electron chi connectivity index (χ3n) is 5.93. The van der Waals surface area contributed by atoms with E-state index >= 15 is 0 Å². The Morgan fingerprint density at radius 1 is 1.19 bits per heavy atom. The van der Waals surface area contributed by atoms with Gasteiger partial charge in [-0.15, -0.1) is 0 Å². The van der Waals surface area contributed by atoms with E-state index in [0.717, 1.165) is 49.2 Å². The third-order valence-corrected chi connectivity index (χ3v) is 6.13. The molecule has 1 atom stereocenters. The van der Waals surface area contributed by atoms with Crippen LogP contribution >= 0.6 is 11.6 Å². The summed E-state index contributed by atoms with van der Waals surface area (Å²) < 4.78 is 0. The second kappa shape index (κ2) is 11.0. The maximum absolute atomic E-state index is 11.2. The van der Waals surface area contributed by atoms with Gasteiger partial charge in [0.1, 0.15) is 11.0 Å². The number of hydrogen-bond acceptors (Lipinski definition) is 6. The van der Waals surface area contributed by atoms with Crippen molar-refractivity contribution in [3.63, 3.8) is 0 Å². The van der Waals surface area contributed by atoms with Gasteiger partial charge in [-0.1, -0.05) is 38.4 Å². The average molecular weight is 461 g/mol. The zero-order valence-electron chi connectivity index (χ0n) is 19.0. The number of aliphatic hydroxyl groups is 1. The molecule has 3 N–H and O–H groups in total. The highest BCUT2D eigenvalue weighted by Crippen LogP contribution is 2.37. The lowest BCUT2D eigenvalue weighted by atomic mass is 9.90. The fourth-order valence-electron chi connectivity index (χ4n) is 4.31. The van der Waals surface area contributed by atoms with Crippen molar-refractivity contribution < 1.29 is 15.0 Å². The predicted octanol–water partition coefficient (Wildman–Crippen LogP) is 5.22. The molecule has 0 bridgehead atoms. The van der Waals surface area contributed by atoms with Gasteiger partial charge < -0.3 is 20.4 Å². The summed E-state index contributed by atoms with van der Waals surface area (Å²) >= 11 is 5.90. The molecule has 3 rings (SSSR count). The Balaban J connectivity index is 1.99. The van der Waals surface area contributed by atoms with E-state index in [1.165, 1.54) is 6.20 Å². The molecular weight excluding hydrogens is 428 g/mol. The fourth-order valence-corrected chi connectivity index (χ4v) is 4.41. The van der Waals surface area contributed by atoms with Crippen LogP contribution in [0.3, 0.4) is 0 Å². The first-order chi connectivity index (χ1) is 15.2. The molecule has 1 saturated carbocycles. The highest BCUT2D eigenvalue weighted by atomic mass is 35.5. The van der Waals surface area contributed by atoms with Crippen LogP contribution in [-0.2, 0) is 4.79 Å². The monoisotopic (exact) mass is 460 g/mol. The van der Waals surface area contributed by atoms with E-state index in [1.54, 1.807) is 6.20 Å². The Kier molecular flexibility index (Phi) is 8.32. The number of nitrogens with one attached hydrogen (secondary N) is 1. The molecule has 0 saturated heterocycles.